The third-order valence-corrected chi connectivity index (χ3v) is 3.75. The molecule has 1 atom stereocenters. The molecule has 0 aliphatic carbocycles. The fourth-order valence-electron chi connectivity index (χ4n) is 2.58. The van der Waals surface area contributed by atoms with E-state index in [1.165, 1.54) is 0 Å². The van der Waals surface area contributed by atoms with E-state index in [1.54, 1.807) is 6.07 Å². The van der Waals surface area contributed by atoms with Crippen LogP contribution in [0, 0.1) is 5.92 Å². The molecule has 6 heteroatoms. The summed E-state index contributed by atoms with van der Waals surface area (Å²) in [7, 11) is 0. The lowest BCUT2D eigenvalue weighted by Crippen LogP contribution is -2.29. The molecule has 20 heavy (non-hydrogen) atoms. The number of rotatable bonds is 5. The van der Waals surface area contributed by atoms with Gasteiger partial charge in [-0.1, -0.05) is 6.92 Å². The molecule has 0 radical (unpaired) electrons. The van der Waals surface area contributed by atoms with Gasteiger partial charge in [0.2, 0.25) is 0 Å². The van der Waals surface area contributed by atoms with Gasteiger partial charge in [-0.2, -0.15) is 0 Å². The normalized spacial score (nSPS) is 18.4. The first kappa shape index (κ1) is 14.7. The number of carbonyl (C=O) groups is 1. The van der Waals surface area contributed by atoms with Crippen LogP contribution in [0.15, 0.2) is 12.1 Å². The second kappa shape index (κ2) is 6.67. The number of nitrogens with two attached hydrogens (primary N) is 1. The molecule has 1 fully saturated rings. The molecule has 2 rings (SSSR count). The number of aryl methyl sites for hydroxylation is 1. The van der Waals surface area contributed by atoms with Crippen LogP contribution < -0.4 is 11.3 Å². The molecule has 1 aliphatic rings. The number of aliphatic hydroxyl groups excluding tert-OH is 1. The quantitative estimate of drug-likeness (QED) is 0.547. The zero-order chi connectivity index (χ0) is 14.5. The molecule has 4 N–H and O–H groups in total. The summed E-state index contributed by atoms with van der Waals surface area (Å²) in [6.45, 7) is 3.64. The van der Waals surface area contributed by atoms with E-state index in [4.69, 9.17) is 10.9 Å². The van der Waals surface area contributed by atoms with Crippen molar-refractivity contribution in [3.05, 3.63) is 23.4 Å². The van der Waals surface area contributed by atoms with Crippen molar-refractivity contribution in [1.82, 2.24) is 9.88 Å². The summed E-state index contributed by atoms with van der Waals surface area (Å²) in [5.41, 5.74) is 3.96. The molecule has 0 spiro atoms. The Morgan fingerprint density at radius 1 is 1.60 bits per heavy atom. The number of aromatic nitrogens is 1. The van der Waals surface area contributed by atoms with Crippen molar-refractivity contribution >= 4 is 11.7 Å². The van der Waals surface area contributed by atoms with Crippen molar-refractivity contribution in [2.45, 2.75) is 26.2 Å². The van der Waals surface area contributed by atoms with Crippen molar-refractivity contribution in [2.75, 3.05) is 25.1 Å². The van der Waals surface area contributed by atoms with E-state index in [0.717, 1.165) is 31.5 Å². The van der Waals surface area contributed by atoms with Gasteiger partial charge < -0.3 is 15.4 Å². The van der Waals surface area contributed by atoms with E-state index in [9.17, 15) is 4.79 Å². The van der Waals surface area contributed by atoms with Crippen LogP contribution in [0.25, 0.3) is 0 Å². The van der Waals surface area contributed by atoms with Gasteiger partial charge in [0.25, 0.3) is 5.91 Å². The largest absolute Gasteiger partial charge is 0.396 e. The summed E-state index contributed by atoms with van der Waals surface area (Å²) in [6, 6.07) is 3.50. The maximum Gasteiger partial charge on any atom is 0.254 e. The highest BCUT2D eigenvalue weighted by atomic mass is 16.3. The van der Waals surface area contributed by atoms with Crippen molar-refractivity contribution in [3.8, 4) is 0 Å². The summed E-state index contributed by atoms with van der Waals surface area (Å²) in [6.07, 6.45) is 2.47. The van der Waals surface area contributed by atoms with Crippen LogP contribution in [0.2, 0.25) is 0 Å². The van der Waals surface area contributed by atoms with E-state index in [-0.39, 0.29) is 12.5 Å². The first-order valence-electron chi connectivity index (χ1n) is 7.05. The number of carbonyl (C=O) groups excluding carboxylic acids is 1. The SMILES string of the molecule is CCc1cc(C(=O)N2CCC(CCO)C2)cc(NN)n1. The third-order valence-electron chi connectivity index (χ3n) is 3.75. The van der Waals surface area contributed by atoms with Crippen molar-refractivity contribution in [3.63, 3.8) is 0 Å². The van der Waals surface area contributed by atoms with E-state index in [0.29, 0.717) is 23.8 Å². The predicted molar refractivity (Wildman–Crippen MR) is 77.1 cm³/mol. The van der Waals surface area contributed by atoms with Crippen LogP contribution >= 0.6 is 0 Å². The zero-order valence-electron chi connectivity index (χ0n) is 11.8. The predicted octanol–water partition coefficient (Wildman–Crippen LogP) is 0.774. The molecule has 110 valence electrons. The van der Waals surface area contributed by atoms with Gasteiger partial charge in [-0.3, -0.25) is 4.79 Å². The Bertz CT molecular complexity index is 456. The highest BCUT2D eigenvalue weighted by molar-refractivity contribution is 5.95. The number of hydrogen-bond donors (Lipinski definition) is 3. The summed E-state index contributed by atoms with van der Waals surface area (Å²) < 4.78 is 0. The Balaban J connectivity index is 2.13. The lowest BCUT2D eigenvalue weighted by molar-refractivity contribution is 0.0784. The number of nitrogens with one attached hydrogen (secondary N) is 1. The molecule has 2 heterocycles. The minimum Gasteiger partial charge on any atom is -0.396 e. The molecular formula is C14H22N4O2. The average Bonchev–Trinajstić information content (AvgIpc) is 2.94. The van der Waals surface area contributed by atoms with Crippen LogP contribution in [0.1, 0.15) is 35.8 Å². The third kappa shape index (κ3) is 3.26. The second-order valence-corrected chi connectivity index (χ2v) is 5.15. The highest BCUT2D eigenvalue weighted by Gasteiger charge is 2.26. The highest BCUT2D eigenvalue weighted by Crippen LogP contribution is 2.22. The first-order valence-corrected chi connectivity index (χ1v) is 7.05. The maximum atomic E-state index is 12.5. The molecule has 1 aliphatic heterocycles. The van der Waals surface area contributed by atoms with Crippen LogP contribution in [0.5, 0.6) is 0 Å². The van der Waals surface area contributed by atoms with E-state index < -0.39 is 0 Å². The minimum absolute atomic E-state index is 0.0130. The smallest absolute Gasteiger partial charge is 0.254 e. The number of anilines is 1. The van der Waals surface area contributed by atoms with Crippen molar-refractivity contribution in [2.24, 2.45) is 11.8 Å². The molecule has 0 bridgehead atoms. The first-order chi connectivity index (χ1) is 9.67. The van der Waals surface area contributed by atoms with E-state index in [1.807, 2.05) is 17.9 Å². The summed E-state index contributed by atoms with van der Waals surface area (Å²) >= 11 is 0. The number of aliphatic hydroxyl groups is 1. The van der Waals surface area contributed by atoms with Gasteiger partial charge in [-0.15, -0.1) is 0 Å². The standard InChI is InChI=1S/C14H22N4O2/c1-2-12-7-11(8-13(16-12)17-15)14(20)18-5-3-10(9-18)4-6-19/h7-8,10,19H,2-6,9,15H2,1H3,(H,16,17). The van der Waals surface area contributed by atoms with Crippen LogP contribution in [0.3, 0.4) is 0 Å². The number of amides is 1. The molecule has 1 aromatic heterocycles. The van der Waals surface area contributed by atoms with Crippen molar-refractivity contribution in [1.29, 1.82) is 0 Å². The average molecular weight is 278 g/mol. The molecule has 0 aromatic carbocycles. The van der Waals surface area contributed by atoms with Crippen LogP contribution in [-0.2, 0) is 6.42 Å². The van der Waals surface area contributed by atoms with Crippen molar-refractivity contribution < 1.29 is 9.90 Å². The van der Waals surface area contributed by atoms with E-state index in [2.05, 4.69) is 10.4 Å². The topological polar surface area (TPSA) is 91.5 Å². The lowest BCUT2D eigenvalue weighted by Gasteiger charge is -2.17. The van der Waals surface area contributed by atoms with Crippen LogP contribution in [-0.4, -0.2) is 40.6 Å². The lowest BCUT2D eigenvalue weighted by atomic mass is 10.1. The van der Waals surface area contributed by atoms with Gasteiger partial charge in [0, 0.05) is 31.0 Å². The van der Waals surface area contributed by atoms with Gasteiger partial charge >= 0.3 is 0 Å². The monoisotopic (exact) mass is 278 g/mol. The summed E-state index contributed by atoms with van der Waals surface area (Å²) in [5.74, 6) is 6.32. The fourth-order valence-corrected chi connectivity index (χ4v) is 2.58. The molecule has 1 amide bonds. The fraction of sp³-hybridized carbons (Fsp3) is 0.571. The zero-order valence-corrected chi connectivity index (χ0v) is 11.8. The number of nitrogens with zero attached hydrogens (tertiary/aromatic N) is 2. The minimum atomic E-state index is 0.0130. The van der Waals surface area contributed by atoms with Gasteiger partial charge in [0.1, 0.15) is 5.82 Å². The maximum absolute atomic E-state index is 12.5. The van der Waals surface area contributed by atoms with Crippen LogP contribution in [0.4, 0.5) is 5.82 Å². The second-order valence-electron chi connectivity index (χ2n) is 5.15. The Kier molecular flexibility index (Phi) is 4.92. The van der Waals surface area contributed by atoms with Gasteiger partial charge in [-0.05, 0) is 37.3 Å². The number of nitrogen functional groups attached to an aromatic ring is 1. The summed E-state index contributed by atoms with van der Waals surface area (Å²) in [4.78, 5) is 18.6. The molecule has 1 aromatic rings. The number of hydrogen-bond acceptors (Lipinski definition) is 5. The number of hydrazine groups is 1. The Hall–Kier alpha value is -1.66. The van der Waals surface area contributed by atoms with Gasteiger partial charge in [0.15, 0.2) is 0 Å². The molecule has 1 unspecified atom stereocenters. The Morgan fingerprint density at radius 3 is 3.05 bits per heavy atom. The molecule has 6 nitrogen and oxygen atoms in total. The van der Waals surface area contributed by atoms with E-state index >= 15 is 0 Å². The number of likely N-dealkylation sites (tertiary alicyclic amines) is 1. The van der Waals surface area contributed by atoms with Gasteiger partial charge in [0.05, 0.1) is 0 Å². The molecule has 1 saturated heterocycles. The molecule has 0 saturated carbocycles. The molecular weight excluding hydrogens is 256 g/mol. The van der Waals surface area contributed by atoms with Gasteiger partial charge in [-0.25, -0.2) is 10.8 Å². The summed E-state index contributed by atoms with van der Waals surface area (Å²) in [5, 5.41) is 8.97. The Morgan fingerprint density at radius 2 is 2.40 bits per heavy atom. The number of pyridine rings is 1. The Labute approximate surface area is 119 Å².